The number of ether oxygens (including phenoxy) is 2. The van der Waals surface area contributed by atoms with Crippen LogP contribution in [0.15, 0.2) is 36.4 Å². The van der Waals surface area contributed by atoms with E-state index in [2.05, 4.69) is 0 Å². The van der Waals surface area contributed by atoms with Crippen molar-refractivity contribution >= 4 is 17.7 Å². The zero-order valence-corrected chi connectivity index (χ0v) is 15.0. The van der Waals surface area contributed by atoms with Crippen molar-refractivity contribution in [2.75, 3.05) is 0 Å². The normalized spacial score (nSPS) is 11.6. The Balaban J connectivity index is 2.36. The second kappa shape index (κ2) is 7.93. The fraction of sp³-hybridized carbons (Fsp3) is 0.250. The second-order valence-electron chi connectivity index (χ2n) is 5.96. The number of carbonyl (C=O) groups excluding carboxylic acids is 3. The SMILES string of the molecule is CC(=O)Oc1ccc(C(O)C(=O)c2ccc(C)c(C)c2)cc1OC(C)=O. The molecule has 2 rings (SSSR count). The number of aliphatic hydroxyl groups is 1. The van der Waals surface area contributed by atoms with Crippen molar-refractivity contribution in [3.05, 3.63) is 58.7 Å². The van der Waals surface area contributed by atoms with Crippen molar-refractivity contribution in [3.8, 4) is 11.5 Å². The molecule has 6 nitrogen and oxygen atoms in total. The van der Waals surface area contributed by atoms with Crippen molar-refractivity contribution < 1.29 is 29.0 Å². The van der Waals surface area contributed by atoms with E-state index in [9.17, 15) is 19.5 Å². The third-order valence-electron chi connectivity index (χ3n) is 3.83. The Hall–Kier alpha value is -2.99. The van der Waals surface area contributed by atoms with E-state index in [1.165, 1.54) is 32.0 Å². The summed E-state index contributed by atoms with van der Waals surface area (Å²) in [5.74, 6) is -1.70. The van der Waals surface area contributed by atoms with Crippen LogP contribution in [0.2, 0.25) is 0 Å². The minimum atomic E-state index is -1.45. The number of rotatable bonds is 5. The third-order valence-corrected chi connectivity index (χ3v) is 3.83. The lowest BCUT2D eigenvalue weighted by atomic mass is 9.97. The average Bonchev–Trinajstić information content (AvgIpc) is 2.56. The molecule has 0 saturated heterocycles. The van der Waals surface area contributed by atoms with E-state index in [4.69, 9.17) is 9.47 Å². The molecule has 0 heterocycles. The summed E-state index contributed by atoms with van der Waals surface area (Å²) in [7, 11) is 0. The highest BCUT2D eigenvalue weighted by molar-refractivity contribution is 6.00. The van der Waals surface area contributed by atoms with E-state index in [0.717, 1.165) is 11.1 Å². The van der Waals surface area contributed by atoms with Gasteiger partial charge in [-0.1, -0.05) is 18.2 Å². The van der Waals surface area contributed by atoms with Crippen LogP contribution >= 0.6 is 0 Å². The molecule has 6 heteroatoms. The van der Waals surface area contributed by atoms with Gasteiger partial charge in [-0.2, -0.15) is 0 Å². The van der Waals surface area contributed by atoms with Gasteiger partial charge in [0.15, 0.2) is 17.3 Å². The van der Waals surface area contributed by atoms with Gasteiger partial charge in [0.1, 0.15) is 6.10 Å². The van der Waals surface area contributed by atoms with E-state index in [-0.39, 0.29) is 17.1 Å². The van der Waals surface area contributed by atoms with Gasteiger partial charge in [0.2, 0.25) is 0 Å². The highest BCUT2D eigenvalue weighted by atomic mass is 16.6. The minimum Gasteiger partial charge on any atom is -0.423 e. The van der Waals surface area contributed by atoms with Gasteiger partial charge in [0.05, 0.1) is 0 Å². The van der Waals surface area contributed by atoms with Gasteiger partial charge in [-0.25, -0.2) is 0 Å². The van der Waals surface area contributed by atoms with Gasteiger partial charge in [-0.3, -0.25) is 14.4 Å². The number of esters is 2. The van der Waals surface area contributed by atoms with Crippen LogP contribution in [0.25, 0.3) is 0 Å². The molecule has 0 amide bonds. The summed E-state index contributed by atoms with van der Waals surface area (Å²) in [4.78, 5) is 35.0. The first kappa shape index (κ1) is 19.3. The average molecular weight is 356 g/mol. The predicted molar refractivity (Wildman–Crippen MR) is 94.3 cm³/mol. The summed E-state index contributed by atoms with van der Waals surface area (Å²) in [5.41, 5.74) is 2.58. The van der Waals surface area contributed by atoms with Gasteiger partial charge in [-0.05, 0) is 48.7 Å². The van der Waals surface area contributed by atoms with E-state index < -0.39 is 23.8 Å². The summed E-state index contributed by atoms with van der Waals surface area (Å²) in [6, 6.07) is 9.28. The van der Waals surface area contributed by atoms with Crippen molar-refractivity contribution in [2.24, 2.45) is 0 Å². The number of benzene rings is 2. The molecule has 0 aliphatic carbocycles. The van der Waals surface area contributed by atoms with E-state index >= 15 is 0 Å². The summed E-state index contributed by atoms with van der Waals surface area (Å²) < 4.78 is 9.99. The Kier molecular flexibility index (Phi) is 5.90. The Morgan fingerprint density at radius 2 is 1.46 bits per heavy atom. The smallest absolute Gasteiger partial charge is 0.308 e. The zero-order chi connectivity index (χ0) is 19.4. The Morgan fingerprint density at radius 3 is 2.04 bits per heavy atom. The van der Waals surface area contributed by atoms with Gasteiger partial charge in [-0.15, -0.1) is 0 Å². The molecular weight excluding hydrogens is 336 g/mol. The van der Waals surface area contributed by atoms with Crippen LogP contribution in [0.1, 0.15) is 47.0 Å². The highest BCUT2D eigenvalue weighted by Crippen LogP contribution is 2.32. The Bertz CT molecular complexity index is 869. The van der Waals surface area contributed by atoms with Crippen LogP contribution in [0.5, 0.6) is 11.5 Å². The quantitative estimate of drug-likeness (QED) is 0.503. The van der Waals surface area contributed by atoms with Crippen LogP contribution in [-0.4, -0.2) is 22.8 Å². The zero-order valence-electron chi connectivity index (χ0n) is 15.0. The molecule has 2 aromatic carbocycles. The maximum atomic E-state index is 12.6. The van der Waals surface area contributed by atoms with Crippen LogP contribution in [0, 0.1) is 13.8 Å². The van der Waals surface area contributed by atoms with E-state index in [0.29, 0.717) is 5.56 Å². The van der Waals surface area contributed by atoms with Crippen LogP contribution in [0.4, 0.5) is 0 Å². The van der Waals surface area contributed by atoms with Gasteiger partial charge in [0, 0.05) is 19.4 Å². The molecule has 0 aliphatic rings. The Morgan fingerprint density at radius 1 is 0.846 bits per heavy atom. The number of aryl methyl sites for hydroxylation is 2. The molecule has 1 atom stereocenters. The number of aliphatic hydroxyl groups excluding tert-OH is 1. The molecule has 0 saturated carbocycles. The van der Waals surface area contributed by atoms with Crippen LogP contribution < -0.4 is 9.47 Å². The molecule has 1 unspecified atom stereocenters. The molecule has 0 bridgehead atoms. The molecule has 0 radical (unpaired) electrons. The summed E-state index contributed by atoms with van der Waals surface area (Å²) >= 11 is 0. The first-order chi connectivity index (χ1) is 12.2. The van der Waals surface area contributed by atoms with Gasteiger partial charge in [0.25, 0.3) is 0 Å². The molecule has 0 fully saturated rings. The summed E-state index contributed by atoms with van der Waals surface area (Å²) in [6.07, 6.45) is -1.45. The molecule has 1 N–H and O–H groups in total. The fourth-order valence-corrected chi connectivity index (χ4v) is 2.37. The highest BCUT2D eigenvalue weighted by Gasteiger charge is 2.22. The topological polar surface area (TPSA) is 89.9 Å². The lowest BCUT2D eigenvalue weighted by molar-refractivity contribution is -0.134. The van der Waals surface area contributed by atoms with Crippen LogP contribution in [-0.2, 0) is 9.59 Å². The van der Waals surface area contributed by atoms with Crippen molar-refractivity contribution in [3.63, 3.8) is 0 Å². The molecule has 0 aliphatic heterocycles. The maximum absolute atomic E-state index is 12.6. The monoisotopic (exact) mass is 356 g/mol. The number of ketones is 1. The van der Waals surface area contributed by atoms with E-state index in [1.807, 2.05) is 19.9 Å². The van der Waals surface area contributed by atoms with Gasteiger partial charge >= 0.3 is 11.9 Å². The van der Waals surface area contributed by atoms with Crippen LogP contribution in [0.3, 0.4) is 0 Å². The standard InChI is InChI=1S/C20H20O6/c1-11-5-6-15(9-12(11)2)19(23)20(24)16-7-8-17(25-13(3)21)18(10-16)26-14(4)22/h5-10,20,24H,1-4H3. The molecule has 26 heavy (non-hydrogen) atoms. The van der Waals surface area contributed by atoms with E-state index in [1.54, 1.807) is 12.1 Å². The largest absolute Gasteiger partial charge is 0.423 e. The van der Waals surface area contributed by atoms with Gasteiger partial charge < -0.3 is 14.6 Å². The first-order valence-electron chi connectivity index (χ1n) is 7.99. The van der Waals surface area contributed by atoms with Crippen molar-refractivity contribution in [2.45, 2.75) is 33.8 Å². The lowest BCUT2D eigenvalue weighted by Gasteiger charge is -2.14. The van der Waals surface area contributed by atoms with Crippen molar-refractivity contribution in [1.82, 2.24) is 0 Å². The second-order valence-corrected chi connectivity index (χ2v) is 5.96. The predicted octanol–water partition coefficient (Wildman–Crippen LogP) is 3.07. The lowest BCUT2D eigenvalue weighted by Crippen LogP contribution is -2.14. The number of hydrogen-bond acceptors (Lipinski definition) is 6. The third kappa shape index (κ3) is 4.55. The molecule has 0 spiro atoms. The van der Waals surface area contributed by atoms with Crippen molar-refractivity contribution in [1.29, 1.82) is 0 Å². The maximum Gasteiger partial charge on any atom is 0.308 e. The molecular formula is C20H20O6. The first-order valence-corrected chi connectivity index (χ1v) is 7.99. The summed E-state index contributed by atoms with van der Waals surface area (Å²) in [5, 5.41) is 10.4. The fourth-order valence-electron chi connectivity index (χ4n) is 2.37. The summed E-state index contributed by atoms with van der Waals surface area (Å²) in [6.45, 7) is 6.22. The minimum absolute atomic E-state index is 0.0299. The molecule has 0 aromatic heterocycles. The number of carbonyl (C=O) groups is 3. The number of hydrogen-bond donors (Lipinski definition) is 1. The Labute approximate surface area is 151 Å². The number of Topliss-reactive ketones (excluding diaryl/α,β-unsaturated/α-hetero) is 1. The molecule has 136 valence electrons. The molecule has 2 aromatic rings.